The van der Waals surface area contributed by atoms with E-state index in [-0.39, 0.29) is 11.9 Å². The summed E-state index contributed by atoms with van der Waals surface area (Å²) in [4.78, 5) is 25.5. The van der Waals surface area contributed by atoms with Crippen LogP contribution >= 0.6 is 0 Å². The van der Waals surface area contributed by atoms with Crippen molar-refractivity contribution < 1.29 is 19.1 Å². The van der Waals surface area contributed by atoms with Gasteiger partial charge in [-0.2, -0.15) is 0 Å². The molecule has 0 fully saturated rings. The topological polar surface area (TPSA) is 52.6 Å². The highest BCUT2D eigenvalue weighted by atomic mass is 16.5. The molecule has 0 N–H and O–H groups in total. The van der Waals surface area contributed by atoms with Gasteiger partial charge in [0, 0.05) is 0 Å². The molecule has 1 spiro atoms. The van der Waals surface area contributed by atoms with E-state index in [2.05, 4.69) is 48.5 Å². The molecule has 0 unspecified atom stereocenters. The molecule has 0 aliphatic heterocycles. The first-order chi connectivity index (χ1) is 17.1. The zero-order chi connectivity index (χ0) is 24.2. The Bertz CT molecular complexity index is 1400. The fourth-order valence-electron chi connectivity index (χ4n) is 5.82. The summed E-state index contributed by atoms with van der Waals surface area (Å²) < 4.78 is 10.7. The molecule has 35 heavy (non-hydrogen) atoms. The van der Waals surface area contributed by atoms with Gasteiger partial charge in [0.05, 0.1) is 29.8 Å². The molecule has 0 aromatic heterocycles. The highest BCUT2D eigenvalue weighted by molar-refractivity contribution is 5.99. The lowest BCUT2D eigenvalue weighted by molar-refractivity contribution is 0.0517. The molecule has 2 aliphatic carbocycles. The summed E-state index contributed by atoms with van der Waals surface area (Å²) in [5, 5.41) is 0. The standard InChI is InChI=1S/C31H24O4/c1-3-34-29(32)19-13-15-23-24-16-14-20(30(33)35-4-2)18-28(24)31(27(23)17-19)25-11-7-5-9-21(25)22-10-6-8-12-26(22)31/h5-18H,3-4H2,1-2H3. The molecule has 0 amide bonds. The maximum absolute atomic E-state index is 12.7. The molecule has 0 radical (unpaired) electrons. The van der Waals surface area contributed by atoms with E-state index in [1.165, 1.54) is 0 Å². The molecule has 4 aromatic rings. The zero-order valence-corrected chi connectivity index (χ0v) is 19.6. The maximum Gasteiger partial charge on any atom is 0.338 e. The third-order valence-electron chi connectivity index (χ3n) is 7.11. The lowest BCUT2D eigenvalue weighted by Crippen LogP contribution is -2.26. The van der Waals surface area contributed by atoms with Crippen LogP contribution < -0.4 is 0 Å². The van der Waals surface area contributed by atoms with Crippen LogP contribution in [0.25, 0.3) is 22.3 Å². The summed E-state index contributed by atoms with van der Waals surface area (Å²) in [6.45, 7) is 4.25. The van der Waals surface area contributed by atoms with Gasteiger partial charge in [-0.25, -0.2) is 9.59 Å². The molecule has 0 saturated carbocycles. The average molecular weight is 461 g/mol. The zero-order valence-electron chi connectivity index (χ0n) is 19.6. The first kappa shape index (κ1) is 21.4. The summed E-state index contributed by atoms with van der Waals surface area (Å²) in [6, 6.07) is 28.4. The summed E-state index contributed by atoms with van der Waals surface area (Å²) in [6.07, 6.45) is 0. The first-order valence-electron chi connectivity index (χ1n) is 11.9. The van der Waals surface area contributed by atoms with E-state index in [4.69, 9.17) is 9.47 Å². The minimum atomic E-state index is -0.650. The summed E-state index contributed by atoms with van der Waals surface area (Å²) >= 11 is 0. The van der Waals surface area contributed by atoms with Gasteiger partial charge >= 0.3 is 11.9 Å². The van der Waals surface area contributed by atoms with Gasteiger partial charge in [-0.1, -0.05) is 60.7 Å². The van der Waals surface area contributed by atoms with Crippen LogP contribution in [0.15, 0.2) is 84.9 Å². The molecule has 6 rings (SSSR count). The van der Waals surface area contributed by atoms with Crippen LogP contribution in [0.1, 0.15) is 56.8 Å². The second kappa shape index (κ2) is 7.95. The van der Waals surface area contributed by atoms with Gasteiger partial charge in [0.2, 0.25) is 0 Å². The summed E-state index contributed by atoms with van der Waals surface area (Å²) in [5.41, 5.74) is 9.14. The van der Waals surface area contributed by atoms with Crippen molar-refractivity contribution in [2.75, 3.05) is 13.2 Å². The van der Waals surface area contributed by atoms with Crippen molar-refractivity contribution in [3.05, 3.63) is 118 Å². The van der Waals surface area contributed by atoms with Crippen LogP contribution in [-0.4, -0.2) is 25.2 Å². The van der Waals surface area contributed by atoms with E-state index < -0.39 is 5.41 Å². The Hall–Kier alpha value is -4.18. The molecule has 0 bridgehead atoms. The molecule has 172 valence electrons. The Balaban J connectivity index is 1.72. The predicted octanol–water partition coefficient (Wildman–Crippen LogP) is 6.38. The number of hydrogen-bond donors (Lipinski definition) is 0. The van der Waals surface area contributed by atoms with Gasteiger partial charge in [-0.3, -0.25) is 0 Å². The fourth-order valence-corrected chi connectivity index (χ4v) is 5.82. The lowest BCUT2D eigenvalue weighted by atomic mass is 9.70. The minimum Gasteiger partial charge on any atom is -0.462 e. The Morgan fingerprint density at radius 3 is 1.40 bits per heavy atom. The number of benzene rings is 4. The van der Waals surface area contributed by atoms with Crippen molar-refractivity contribution in [3.63, 3.8) is 0 Å². The number of esters is 2. The van der Waals surface area contributed by atoms with Crippen molar-refractivity contribution >= 4 is 11.9 Å². The normalized spacial score (nSPS) is 13.5. The second-order valence-electron chi connectivity index (χ2n) is 8.80. The molecule has 4 aromatic carbocycles. The van der Waals surface area contributed by atoms with Crippen LogP contribution in [0, 0.1) is 0 Å². The fraction of sp³-hybridized carbons (Fsp3) is 0.161. The van der Waals surface area contributed by atoms with Crippen molar-refractivity contribution in [1.29, 1.82) is 0 Å². The highest BCUT2D eigenvalue weighted by Gasteiger charge is 2.52. The second-order valence-corrected chi connectivity index (χ2v) is 8.80. The first-order valence-corrected chi connectivity index (χ1v) is 11.9. The van der Waals surface area contributed by atoms with Crippen molar-refractivity contribution in [2.45, 2.75) is 19.3 Å². The Labute approximate surface area is 204 Å². The van der Waals surface area contributed by atoms with E-state index in [1.807, 2.05) is 50.2 Å². The van der Waals surface area contributed by atoms with Gasteiger partial charge < -0.3 is 9.47 Å². The molecule has 0 atom stereocenters. The number of ether oxygens (including phenoxy) is 2. The molecule has 0 heterocycles. The number of carbonyl (C=O) groups excluding carboxylic acids is 2. The number of fused-ring (bicyclic) bond motifs is 10. The molecule has 4 heteroatoms. The monoisotopic (exact) mass is 460 g/mol. The minimum absolute atomic E-state index is 0.315. The molecule has 0 saturated heterocycles. The Morgan fingerprint density at radius 2 is 0.971 bits per heavy atom. The molecular weight excluding hydrogens is 436 g/mol. The third-order valence-corrected chi connectivity index (χ3v) is 7.11. The SMILES string of the molecule is CCOC(=O)c1ccc2c(c1)C1(c3ccccc3-c3ccccc31)c1cc(C(=O)OCC)ccc1-2. The van der Waals surface area contributed by atoms with Gasteiger partial charge in [0.15, 0.2) is 0 Å². The number of carbonyl (C=O) groups is 2. The van der Waals surface area contributed by atoms with Gasteiger partial charge in [-0.05, 0) is 82.6 Å². The summed E-state index contributed by atoms with van der Waals surface area (Å²) in [7, 11) is 0. The summed E-state index contributed by atoms with van der Waals surface area (Å²) in [5.74, 6) is -0.679. The van der Waals surface area contributed by atoms with Crippen LogP contribution in [-0.2, 0) is 14.9 Å². The van der Waals surface area contributed by atoms with Crippen LogP contribution in [0.2, 0.25) is 0 Å². The van der Waals surface area contributed by atoms with Gasteiger partial charge in [0.25, 0.3) is 0 Å². The van der Waals surface area contributed by atoms with Crippen molar-refractivity contribution in [2.24, 2.45) is 0 Å². The van der Waals surface area contributed by atoms with E-state index in [9.17, 15) is 9.59 Å². The van der Waals surface area contributed by atoms with Crippen LogP contribution in [0.5, 0.6) is 0 Å². The van der Waals surface area contributed by atoms with E-state index >= 15 is 0 Å². The number of hydrogen-bond acceptors (Lipinski definition) is 4. The smallest absolute Gasteiger partial charge is 0.338 e. The van der Waals surface area contributed by atoms with E-state index in [0.29, 0.717) is 24.3 Å². The molecule has 4 nitrogen and oxygen atoms in total. The van der Waals surface area contributed by atoms with Crippen molar-refractivity contribution in [3.8, 4) is 22.3 Å². The van der Waals surface area contributed by atoms with E-state index in [1.54, 1.807) is 0 Å². The number of rotatable bonds is 4. The lowest BCUT2D eigenvalue weighted by Gasteiger charge is -2.30. The highest BCUT2D eigenvalue weighted by Crippen LogP contribution is 2.62. The largest absolute Gasteiger partial charge is 0.462 e. The molecule has 2 aliphatic rings. The third kappa shape index (κ3) is 2.86. The predicted molar refractivity (Wildman–Crippen MR) is 135 cm³/mol. The maximum atomic E-state index is 12.7. The molecular formula is C31H24O4. The van der Waals surface area contributed by atoms with Gasteiger partial charge in [0.1, 0.15) is 0 Å². The van der Waals surface area contributed by atoms with Crippen molar-refractivity contribution in [1.82, 2.24) is 0 Å². The van der Waals surface area contributed by atoms with Crippen LogP contribution in [0.4, 0.5) is 0 Å². The average Bonchev–Trinajstić information content (AvgIpc) is 3.35. The Kier molecular flexibility index (Phi) is 4.85. The van der Waals surface area contributed by atoms with Crippen LogP contribution in [0.3, 0.4) is 0 Å². The Morgan fingerprint density at radius 1 is 0.571 bits per heavy atom. The van der Waals surface area contributed by atoms with Gasteiger partial charge in [-0.15, -0.1) is 0 Å². The quantitative estimate of drug-likeness (QED) is 0.286. The van der Waals surface area contributed by atoms with E-state index in [0.717, 1.165) is 44.5 Å².